The lowest BCUT2D eigenvalue weighted by Gasteiger charge is -2.43. The summed E-state index contributed by atoms with van der Waals surface area (Å²) in [6.07, 6.45) is -1.03. The zero-order chi connectivity index (χ0) is 19.9. The third kappa shape index (κ3) is 5.06. The van der Waals surface area contributed by atoms with Crippen molar-refractivity contribution in [1.82, 2.24) is 0 Å². The molecule has 0 unspecified atom stereocenters. The molecule has 27 heavy (non-hydrogen) atoms. The molecule has 0 spiro atoms. The van der Waals surface area contributed by atoms with Crippen molar-refractivity contribution in [2.45, 2.75) is 50.9 Å². The average Bonchev–Trinajstić information content (AvgIpc) is 2.67. The van der Waals surface area contributed by atoms with Crippen LogP contribution in [0.1, 0.15) is 33.6 Å². The summed E-state index contributed by atoms with van der Waals surface area (Å²) in [5.41, 5.74) is 0. The normalized spacial score (nSPS) is 14.7. The minimum atomic E-state index is -2.55. The lowest BCUT2D eigenvalue weighted by atomic mass is 10.1. The molecular formula is C22H32O4Si. The maximum atomic E-state index is 9.89. The van der Waals surface area contributed by atoms with Crippen molar-refractivity contribution >= 4 is 18.7 Å². The molecule has 0 aromatic heterocycles. The molecule has 5 heteroatoms. The first kappa shape index (κ1) is 21.8. The summed E-state index contributed by atoms with van der Waals surface area (Å²) >= 11 is 0. The van der Waals surface area contributed by atoms with Crippen LogP contribution in [0.5, 0.6) is 0 Å². The van der Waals surface area contributed by atoms with Crippen LogP contribution in [-0.2, 0) is 4.43 Å². The van der Waals surface area contributed by atoms with Gasteiger partial charge in [-0.15, -0.1) is 0 Å². The van der Waals surface area contributed by atoms with Gasteiger partial charge in [0.25, 0.3) is 8.32 Å². The number of benzene rings is 2. The number of hydrogen-bond donors (Lipinski definition) is 3. The van der Waals surface area contributed by atoms with Crippen molar-refractivity contribution in [3.05, 3.63) is 60.7 Å². The van der Waals surface area contributed by atoms with E-state index in [1.54, 1.807) is 0 Å². The second kappa shape index (κ2) is 9.62. The Labute approximate surface area is 163 Å². The zero-order valence-electron chi connectivity index (χ0n) is 16.5. The first-order chi connectivity index (χ1) is 12.8. The van der Waals surface area contributed by atoms with Crippen molar-refractivity contribution in [3.63, 3.8) is 0 Å². The lowest BCUT2D eigenvalue weighted by Crippen LogP contribution is -2.66. The largest absolute Gasteiger partial charge is 0.407 e. The van der Waals surface area contributed by atoms with E-state index in [2.05, 4.69) is 69.3 Å². The van der Waals surface area contributed by atoms with Gasteiger partial charge in [-0.2, -0.15) is 0 Å². The van der Waals surface area contributed by atoms with E-state index in [-0.39, 0.29) is 5.04 Å². The minimum absolute atomic E-state index is 0.0844. The van der Waals surface area contributed by atoms with Gasteiger partial charge >= 0.3 is 0 Å². The number of aliphatic hydroxyl groups excluding tert-OH is 3. The Bertz CT molecular complexity index is 630. The number of rotatable bonds is 9. The van der Waals surface area contributed by atoms with Crippen molar-refractivity contribution in [2.24, 2.45) is 0 Å². The number of hydrogen-bond acceptors (Lipinski definition) is 4. The van der Waals surface area contributed by atoms with Crippen LogP contribution in [0.25, 0.3) is 0 Å². The van der Waals surface area contributed by atoms with Gasteiger partial charge in [0, 0.05) is 6.61 Å². The number of aliphatic hydroxyl groups is 3. The summed E-state index contributed by atoms with van der Waals surface area (Å²) < 4.78 is 6.71. The SMILES string of the molecule is CC(C)(C)[Si](OCCC[C@@H](O)[C@H](O)CO)(c1ccccc1)c1ccccc1. The standard InChI is InChI=1S/C22H32O4Si/c1-22(2,3)27(18-11-6-4-7-12-18,19-13-8-5-9-14-19)26-16-10-15-20(24)21(25)17-23/h4-9,11-14,20-21,23-25H,10,15-17H2,1-3H3/t20-,21-/m1/s1. The maximum absolute atomic E-state index is 9.89. The highest BCUT2D eigenvalue weighted by Gasteiger charge is 2.49. The van der Waals surface area contributed by atoms with Crippen LogP contribution in [0.3, 0.4) is 0 Å². The maximum Gasteiger partial charge on any atom is 0.261 e. The van der Waals surface area contributed by atoms with Crippen LogP contribution in [-0.4, -0.2) is 49.1 Å². The molecule has 0 amide bonds. The van der Waals surface area contributed by atoms with E-state index in [4.69, 9.17) is 9.53 Å². The molecule has 0 radical (unpaired) electrons. The monoisotopic (exact) mass is 388 g/mol. The fourth-order valence-corrected chi connectivity index (χ4v) is 8.20. The van der Waals surface area contributed by atoms with Crippen LogP contribution in [0.2, 0.25) is 5.04 Å². The summed E-state index contributed by atoms with van der Waals surface area (Å²) in [6.45, 7) is 6.73. The summed E-state index contributed by atoms with van der Waals surface area (Å²) in [5, 5.41) is 30.7. The van der Waals surface area contributed by atoms with Gasteiger partial charge in [0.1, 0.15) is 6.10 Å². The molecule has 3 N–H and O–H groups in total. The van der Waals surface area contributed by atoms with E-state index < -0.39 is 27.1 Å². The van der Waals surface area contributed by atoms with Gasteiger partial charge in [0.15, 0.2) is 0 Å². The van der Waals surface area contributed by atoms with Gasteiger partial charge in [-0.3, -0.25) is 0 Å². The molecule has 0 aliphatic carbocycles. The summed E-state index contributed by atoms with van der Waals surface area (Å²) in [5.74, 6) is 0. The average molecular weight is 389 g/mol. The summed E-state index contributed by atoms with van der Waals surface area (Å²) in [7, 11) is -2.55. The quantitative estimate of drug-likeness (QED) is 0.454. The van der Waals surface area contributed by atoms with Gasteiger partial charge in [-0.05, 0) is 28.3 Å². The Morgan fingerprint density at radius 3 is 1.74 bits per heavy atom. The molecule has 148 valence electrons. The Hall–Kier alpha value is -1.50. The smallest absolute Gasteiger partial charge is 0.261 e. The molecule has 2 atom stereocenters. The van der Waals surface area contributed by atoms with Crippen molar-refractivity contribution in [2.75, 3.05) is 13.2 Å². The van der Waals surface area contributed by atoms with Gasteiger partial charge in [-0.1, -0.05) is 81.4 Å². The molecule has 0 fully saturated rings. The van der Waals surface area contributed by atoms with Crippen LogP contribution >= 0.6 is 0 Å². The third-order valence-electron chi connectivity index (χ3n) is 5.01. The van der Waals surface area contributed by atoms with Gasteiger partial charge in [0.2, 0.25) is 0 Å². The van der Waals surface area contributed by atoms with Gasteiger partial charge in [-0.25, -0.2) is 0 Å². The molecule has 0 saturated carbocycles. The molecular weight excluding hydrogens is 356 g/mol. The van der Waals surface area contributed by atoms with E-state index in [1.807, 2.05) is 12.1 Å². The predicted octanol–water partition coefficient (Wildman–Crippen LogP) is 2.06. The zero-order valence-corrected chi connectivity index (χ0v) is 17.5. The fourth-order valence-electron chi connectivity index (χ4n) is 3.59. The topological polar surface area (TPSA) is 69.9 Å². The summed E-state index contributed by atoms with van der Waals surface area (Å²) in [6, 6.07) is 20.8. The molecule has 0 aliphatic rings. The van der Waals surface area contributed by atoms with E-state index in [1.165, 1.54) is 10.4 Å². The van der Waals surface area contributed by atoms with Crippen LogP contribution in [0.15, 0.2) is 60.7 Å². The lowest BCUT2D eigenvalue weighted by molar-refractivity contribution is -0.0196. The minimum Gasteiger partial charge on any atom is -0.407 e. The molecule has 0 saturated heterocycles. The first-order valence-electron chi connectivity index (χ1n) is 9.55. The Balaban J connectivity index is 2.30. The fraction of sp³-hybridized carbons (Fsp3) is 0.455. The van der Waals surface area contributed by atoms with Crippen molar-refractivity contribution < 1.29 is 19.7 Å². The Morgan fingerprint density at radius 2 is 1.33 bits per heavy atom. The molecule has 0 heterocycles. The van der Waals surface area contributed by atoms with Crippen molar-refractivity contribution in [1.29, 1.82) is 0 Å². The second-order valence-corrected chi connectivity index (χ2v) is 12.3. The van der Waals surface area contributed by atoms with Gasteiger partial charge < -0.3 is 19.7 Å². The predicted molar refractivity (Wildman–Crippen MR) is 112 cm³/mol. The van der Waals surface area contributed by atoms with Crippen LogP contribution < -0.4 is 10.4 Å². The molecule has 2 rings (SSSR count). The highest BCUT2D eigenvalue weighted by molar-refractivity contribution is 6.99. The Kier molecular flexibility index (Phi) is 7.76. The highest BCUT2D eigenvalue weighted by atomic mass is 28.4. The van der Waals surface area contributed by atoms with Crippen molar-refractivity contribution in [3.8, 4) is 0 Å². The second-order valence-electron chi connectivity index (χ2n) is 7.97. The molecule has 2 aromatic rings. The van der Waals surface area contributed by atoms with Gasteiger partial charge in [0.05, 0.1) is 12.7 Å². The summed E-state index contributed by atoms with van der Waals surface area (Å²) in [4.78, 5) is 0. The van der Waals surface area contributed by atoms with E-state index in [0.29, 0.717) is 19.4 Å². The van der Waals surface area contributed by atoms with Crippen LogP contribution in [0, 0.1) is 0 Å². The third-order valence-corrected chi connectivity index (χ3v) is 10.1. The molecule has 0 aliphatic heterocycles. The molecule has 2 aromatic carbocycles. The highest BCUT2D eigenvalue weighted by Crippen LogP contribution is 2.36. The first-order valence-corrected chi connectivity index (χ1v) is 11.5. The van der Waals surface area contributed by atoms with E-state index >= 15 is 0 Å². The van der Waals surface area contributed by atoms with E-state index in [9.17, 15) is 10.2 Å². The Morgan fingerprint density at radius 1 is 0.852 bits per heavy atom. The van der Waals surface area contributed by atoms with E-state index in [0.717, 1.165) is 0 Å². The molecule has 0 bridgehead atoms. The molecule has 4 nitrogen and oxygen atoms in total. The van der Waals surface area contributed by atoms with Crippen LogP contribution in [0.4, 0.5) is 0 Å².